The van der Waals surface area contributed by atoms with Crippen molar-refractivity contribution >= 4 is 29.2 Å². The SMILES string of the molecule is Clc1ccc(Oc2nc(Cl)nc(N3CCCCC3)n2)cc1. The fourth-order valence-corrected chi connectivity index (χ4v) is 2.48. The molecule has 0 unspecified atom stereocenters. The van der Waals surface area contributed by atoms with E-state index < -0.39 is 0 Å². The lowest BCUT2D eigenvalue weighted by Gasteiger charge is -2.26. The van der Waals surface area contributed by atoms with Crippen molar-refractivity contribution in [3.8, 4) is 11.8 Å². The average molecular weight is 325 g/mol. The summed E-state index contributed by atoms with van der Waals surface area (Å²) in [5, 5.41) is 0.777. The van der Waals surface area contributed by atoms with Gasteiger partial charge in [-0.1, -0.05) is 11.6 Å². The Hall–Kier alpha value is -1.59. The van der Waals surface area contributed by atoms with Crippen LogP contribution in [0.2, 0.25) is 10.3 Å². The van der Waals surface area contributed by atoms with Gasteiger partial charge in [0.2, 0.25) is 11.2 Å². The highest BCUT2D eigenvalue weighted by molar-refractivity contribution is 6.30. The fraction of sp³-hybridized carbons (Fsp3) is 0.357. The molecule has 0 amide bonds. The quantitative estimate of drug-likeness (QED) is 0.855. The number of ether oxygens (including phenoxy) is 1. The molecular weight excluding hydrogens is 311 g/mol. The van der Waals surface area contributed by atoms with Crippen LogP contribution in [0, 0.1) is 0 Å². The van der Waals surface area contributed by atoms with Crippen LogP contribution >= 0.6 is 23.2 Å². The molecule has 0 spiro atoms. The lowest BCUT2D eigenvalue weighted by atomic mass is 10.1. The molecule has 1 aliphatic heterocycles. The first-order chi connectivity index (χ1) is 10.2. The predicted octanol–water partition coefficient (Wildman–Crippen LogP) is 3.96. The van der Waals surface area contributed by atoms with E-state index in [1.165, 1.54) is 6.42 Å². The highest BCUT2D eigenvalue weighted by Crippen LogP contribution is 2.24. The van der Waals surface area contributed by atoms with Gasteiger partial charge in [-0.05, 0) is 55.1 Å². The second kappa shape index (κ2) is 6.45. The van der Waals surface area contributed by atoms with E-state index in [0.717, 1.165) is 25.9 Å². The largest absolute Gasteiger partial charge is 0.424 e. The third-order valence-corrected chi connectivity index (χ3v) is 3.66. The van der Waals surface area contributed by atoms with Gasteiger partial charge in [-0.3, -0.25) is 0 Å². The Morgan fingerprint density at radius 2 is 1.62 bits per heavy atom. The number of anilines is 1. The van der Waals surface area contributed by atoms with Crippen molar-refractivity contribution in [3.63, 3.8) is 0 Å². The minimum absolute atomic E-state index is 0.134. The first kappa shape index (κ1) is 14.4. The van der Waals surface area contributed by atoms with Crippen molar-refractivity contribution in [1.29, 1.82) is 0 Å². The number of rotatable bonds is 3. The summed E-state index contributed by atoms with van der Waals surface area (Å²) in [4.78, 5) is 14.6. The Kier molecular flexibility index (Phi) is 4.41. The molecule has 21 heavy (non-hydrogen) atoms. The zero-order valence-electron chi connectivity index (χ0n) is 11.3. The van der Waals surface area contributed by atoms with Crippen LogP contribution in [0.5, 0.6) is 11.8 Å². The number of piperidine rings is 1. The van der Waals surface area contributed by atoms with Crippen LogP contribution in [0.4, 0.5) is 5.95 Å². The Labute approximate surface area is 132 Å². The van der Waals surface area contributed by atoms with E-state index in [4.69, 9.17) is 27.9 Å². The van der Waals surface area contributed by atoms with Crippen LogP contribution in [-0.4, -0.2) is 28.0 Å². The monoisotopic (exact) mass is 324 g/mol. The maximum atomic E-state index is 5.97. The van der Waals surface area contributed by atoms with Gasteiger partial charge in [0.25, 0.3) is 0 Å². The molecule has 0 N–H and O–H groups in total. The molecule has 1 saturated heterocycles. The lowest BCUT2D eigenvalue weighted by molar-refractivity contribution is 0.437. The summed E-state index contributed by atoms with van der Waals surface area (Å²) >= 11 is 11.8. The molecule has 0 atom stereocenters. The van der Waals surface area contributed by atoms with Crippen LogP contribution in [-0.2, 0) is 0 Å². The van der Waals surface area contributed by atoms with E-state index in [0.29, 0.717) is 16.7 Å². The van der Waals surface area contributed by atoms with Crippen LogP contribution in [0.3, 0.4) is 0 Å². The summed E-state index contributed by atoms with van der Waals surface area (Å²) in [6.45, 7) is 1.86. The summed E-state index contributed by atoms with van der Waals surface area (Å²) in [7, 11) is 0. The normalized spacial score (nSPS) is 15.0. The average Bonchev–Trinajstić information content (AvgIpc) is 2.50. The van der Waals surface area contributed by atoms with Crippen molar-refractivity contribution in [2.45, 2.75) is 19.3 Å². The van der Waals surface area contributed by atoms with Gasteiger partial charge < -0.3 is 9.64 Å². The molecule has 1 aromatic carbocycles. The molecule has 5 nitrogen and oxygen atoms in total. The first-order valence-corrected chi connectivity index (χ1v) is 7.56. The van der Waals surface area contributed by atoms with Gasteiger partial charge in [-0.15, -0.1) is 0 Å². The molecular formula is C14H14Cl2N4O. The van der Waals surface area contributed by atoms with E-state index in [2.05, 4.69) is 19.9 Å². The Morgan fingerprint density at radius 3 is 2.33 bits per heavy atom. The standard InChI is InChI=1S/C14H14Cl2N4O/c15-10-4-6-11(7-5-10)21-14-18-12(16)17-13(19-14)20-8-2-1-3-9-20/h4-7H,1-3,8-9H2. The molecule has 0 radical (unpaired) electrons. The fourth-order valence-electron chi connectivity index (χ4n) is 2.21. The van der Waals surface area contributed by atoms with Crippen LogP contribution in [0.1, 0.15) is 19.3 Å². The van der Waals surface area contributed by atoms with Gasteiger partial charge in [0, 0.05) is 18.1 Å². The summed E-state index contributed by atoms with van der Waals surface area (Å²) < 4.78 is 5.61. The van der Waals surface area contributed by atoms with Crippen LogP contribution < -0.4 is 9.64 Å². The lowest BCUT2D eigenvalue weighted by Crippen LogP contribution is -2.31. The zero-order valence-corrected chi connectivity index (χ0v) is 12.8. The molecule has 2 aromatic rings. The maximum absolute atomic E-state index is 5.97. The second-order valence-corrected chi connectivity index (χ2v) is 5.57. The minimum Gasteiger partial charge on any atom is -0.424 e. The number of benzene rings is 1. The Bertz CT molecular complexity index is 615. The molecule has 110 valence electrons. The first-order valence-electron chi connectivity index (χ1n) is 6.81. The molecule has 0 bridgehead atoms. The van der Waals surface area contributed by atoms with Crippen molar-refractivity contribution in [2.24, 2.45) is 0 Å². The number of halogens is 2. The molecule has 1 fully saturated rings. The summed E-state index contributed by atoms with van der Waals surface area (Å²) in [6, 6.07) is 7.18. The maximum Gasteiger partial charge on any atom is 0.328 e. The predicted molar refractivity (Wildman–Crippen MR) is 82.4 cm³/mol. The molecule has 1 aliphatic rings. The molecule has 0 saturated carbocycles. The number of aromatic nitrogens is 3. The van der Waals surface area contributed by atoms with E-state index in [1.807, 2.05) is 0 Å². The summed E-state index contributed by atoms with van der Waals surface area (Å²) in [5.41, 5.74) is 0. The van der Waals surface area contributed by atoms with Gasteiger partial charge >= 0.3 is 6.01 Å². The molecule has 1 aromatic heterocycles. The van der Waals surface area contributed by atoms with E-state index in [9.17, 15) is 0 Å². The molecule has 3 rings (SSSR count). The highest BCUT2D eigenvalue weighted by Gasteiger charge is 2.16. The van der Waals surface area contributed by atoms with E-state index in [1.54, 1.807) is 24.3 Å². The van der Waals surface area contributed by atoms with Gasteiger partial charge in [-0.25, -0.2) is 0 Å². The third kappa shape index (κ3) is 3.74. The number of hydrogen-bond donors (Lipinski definition) is 0. The molecule has 2 heterocycles. The topological polar surface area (TPSA) is 51.1 Å². The van der Waals surface area contributed by atoms with E-state index in [-0.39, 0.29) is 11.3 Å². The van der Waals surface area contributed by atoms with Crippen LogP contribution in [0.25, 0.3) is 0 Å². The van der Waals surface area contributed by atoms with Gasteiger partial charge in [0.05, 0.1) is 0 Å². The number of hydrogen-bond acceptors (Lipinski definition) is 5. The number of nitrogens with zero attached hydrogens (tertiary/aromatic N) is 4. The van der Waals surface area contributed by atoms with Gasteiger partial charge in [0.15, 0.2) is 0 Å². The molecule has 7 heteroatoms. The van der Waals surface area contributed by atoms with Crippen molar-refractivity contribution in [1.82, 2.24) is 15.0 Å². The van der Waals surface area contributed by atoms with Crippen molar-refractivity contribution < 1.29 is 4.74 Å². The van der Waals surface area contributed by atoms with E-state index >= 15 is 0 Å². The van der Waals surface area contributed by atoms with Gasteiger partial charge in [-0.2, -0.15) is 15.0 Å². The van der Waals surface area contributed by atoms with Crippen molar-refractivity contribution in [2.75, 3.05) is 18.0 Å². The van der Waals surface area contributed by atoms with Crippen molar-refractivity contribution in [3.05, 3.63) is 34.6 Å². The van der Waals surface area contributed by atoms with Crippen LogP contribution in [0.15, 0.2) is 24.3 Å². The highest BCUT2D eigenvalue weighted by atomic mass is 35.5. The smallest absolute Gasteiger partial charge is 0.328 e. The van der Waals surface area contributed by atoms with Gasteiger partial charge in [0.1, 0.15) is 5.75 Å². The minimum atomic E-state index is 0.134. The zero-order chi connectivity index (χ0) is 14.7. The molecule has 0 aliphatic carbocycles. The third-order valence-electron chi connectivity index (χ3n) is 3.24. The second-order valence-electron chi connectivity index (χ2n) is 4.79. The Balaban J connectivity index is 1.81. The Morgan fingerprint density at radius 1 is 0.905 bits per heavy atom. The summed E-state index contributed by atoms with van der Waals surface area (Å²) in [5.74, 6) is 1.17. The summed E-state index contributed by atoms with van der Waals surface area (Å²) in [6.07, 6.45) is 3.51.